The maximum Gasteiger partial charge on any atom is 0.338 e. The molecule has 4 rings (SSSR count). The van der Waals surface area contributed by atoms with Crippen molar-refractivity contribution >= 4 is 28.8 Å². The largest absolute Gasteiger partial charge is 0.463 e. The summed E-state index contributed by atoms with van der Waals surface area (Å²) in [5.41, 5.74) is 8.40. The van der Waals surface area contributed by atoms with E-state index in [0.717, 1.165) is 11.0 Å². The number of nitrogens with two attached hydrogens (primary N) is 1. The number of ether oxygens (including phenoxy) is 2. The van der Waals surface area contributed by atoms with Crippen LogP contribution in [-0.4, -0.2) is 28.3 Å². The maximum atomic E-state index is 14.8. The van der Waals surface area contributed by atoms with Crippen LogP contribution in [-0.2, 0) is 14.3 Å². The van der Waals surface area contributed by atoms with Gasteiger partial charge in [0.15, 0.2) is 0 Å². The van der Waals surface area contributed by atoms with Crippen LogP contribution in [0.25, 0.3) is 11.0 Å². The van der Waals surface area contributed by atoms with E-state index in [1.165, 1.54) is 30.0 Å². The van der Waals surface area contributed by atoms with Gasteiger partial charge in [-0.2, -0.15) is 5.26 Å². The number of carbonyl (C=O) groups excluding carboxylic acids is 1. The number of aromatic nitrogens is 2. The van der Waals surface area contributed by atoms with E-state index in [1.54, 1.807) is 13.0 Å². The molecule has 3 aromatic rings. The highest BCUT2D eigenvalue weighted by molar-refractivity contribution is 7.99. The Labute approximate surface area is 200 Å². The number of fused-ring (bicyclic) bond motifs is 1. The molecular formula is C25H21FN4O3S. The molecule has 0 fully saturated rings. The highest BCUT2D eigenvalue weighted by Gasteiger charge is 2.38. The first-order valence-corrected chi connectivity index (χ1v) is 11.5. The van der Waals surface area contributed by atoms with Gasteiger partial charge in [-0.3, -0.25) is 0 Å². The number of allylic oxidation sites excluding steroid dienone is 1. The third-order valence-corrected chi connectivity index (χ3v) is 6.32. The monoisotopic (exact) mass is 476 g/mol. The molecule has 2 heterocycles. The lowest BCUT2D eigenvalue weighted by molar-refractivity contribution is -0.139. The second-order valence-corrected chi connectivity index (χ2v) is 8.36. The standard InChI is InChI=1S/C25H21FN4O3S/c1-3-32-25(31)22-20(13-34-24-14(2)29-18-10-6-7-11-19(18)30-24)33-23(28)16(12-27)21(22)15-8-4-5-9-17(15)26/h4-11,21H,3,13,28H2,1-2H3/t21-/m0/s1. The van der Waals surface area contributed by atoms with Crippen molar-refractivity contribution in [1.29, 1.82) is 5.26 Å². The minimum absolute atomic E-state index is 0.0385. The Morgan fingerprint density at radius 3 is 2.56 bits per heavy atom. The number of nitrogens with zero attached hydrogens (tertiary/aromatic N) is 3. The zero-order valence-electron chi connectivity index (χ0n) is 18.5. The summed E-state index contributed by atoms with van der Waals surface area (Å²) < 4.78 is 25.8. The zero-order valence-corrected chi connectivity index (χ0v) is 19.4. The number of hydrogen-bond acceptors (Lipinski definition) is 8. The van der Waals surface area contributed by atoms with Gasteiger partial charge < -0.3 is 15.2 Å². The Bertz CT molecular complexity index is 1380. The van der Waals surface area contributed by atoms with Crippen LogP contribution in [0.2, 0.25) is 0 Å². The first-order chi connectivity index (χ1) is 16.4. The van der Waals surface area contributed by atoms with Crippen LogP contribution in [0.5, 0.6) is 0 Å². The summed E-state index contributed by atoms with van der Waals surface area (Å²) in [7, 11) is 0. The zero-order chi connectivity index (χ0) is 24.2. The molecular weight excluding hydrogens is 455 g/mol. The second-order valence-electron chi connectivity index (χ2n) is 7.40. The molecule has 0 spiro atoms. The number of aryl methyl sites for hydroxylation is 1. The van der Waals surface area contributed by atoms with Crippen LogP contribution >= 0.6 is 11.8 Å². The molecule has 0 saturated carbocycles. The molecule has 0 unspecified atom stereocenters. The highest BCUT2D eigenvalue weighted by atomic mass is 32.2. The predicted molar refractivity (Wildman–Crippen MR) is 126 cm³/mol. The molecule has 0 amide bonds. The van der Waals surface area contributed by atoms with E-state index < -0.39 is 17.7 Å². The number of nitriles is 1. The van der Waals surface area contributed by atoms with Crippen molar-refractivity contribution in [2.75, 3.05) is 12.4 Å². The SMILES string of the molecule is CCOC(=O)C1=C(CSc2nc3ccccc3nc2C)OC(N)=C(C#N)[C@@H]1c1ccccc1F. The summed E-state index contributed by atoms with van der Waals surface area (Å²) >= 11 is 1.30. The van der Waals surface area contributed by atoms with Gasteiger partial charge in [0.25, 0.3) is 0 Å². The molecule has 34 heavy (non-hydrogen) atoms. The number of rotatable bonds is 6. The molecule has 1 atom stereocenters. The van der Waals surface area contributed by atoms with E-state index in [1.807, 2.05) is 37.3 Å². The molecule has 2 aromatic carbocycles. The normalized spacial score (nSPS) is 15.8. The Morgan fingerprint density at radius 1 is 1.21 bits per heavy atom. The molecule has 2 N–H and O–H groups in total. The molecule has 9 heteroatoms. The third kappa shape index (κ3) is 4.45. The molecule has 0 saturated heterocycles. The van der Waals surface area contributed by atoms with Crippen molar-refractivity contribution in [3.8, 4) is 6.07 Å². The van der Waals surface area contributed by atoms with Crippen LogP contribution in [0.15, 0.2) is 76.3 Å². The lowest BCUT2D eigenvalue weighted by Gasteiger charge is -2.28. The van der Waals surface area contributed by atoms with E-state index in [-0.39, 0.29) is 40.7 Å². The van der Waals surface area contributed by atoms with Gasteiger partial charge in [0, 0.05) is 5.56 Å². The van der Waals surface area contributed by atoms with Crippen molar-refractivity contribution < 1.29 is 18.7 Å². The van der Waals surface area contributed by atoms with Crippen molar-refractivity contribution in [2.24, 2.45) is 5.73 Å². The van der Waals surface area contributed by atoms with Crippen molar-refractivity contribution in [3.63, 3.8) is 0 Å². The molecule has 1 aromatic heterocycles. The lowest BCUT2D eigenvalue weighted by atomic mass is 9.83. The van der Waals surface area contributed by atoms with E-state index in [9.17, 15) is 14.4 Å². The Kier molecular flexibility index (Phi) is 6.80. The van der Waals surface area contributed by atoms with Crippen LogP contribution in [0, 0.1) is 24.1 Å². The van der Waals surface area contributed by atoms with Gasteiger partial charge in [0.2, 0.25) is 5.88 Å². The van der Waals surface area contributed by atoms with E-state index in [4.69, 9.17) is 15.2 Å². The number of para-hydroxylation sites is 2. The van der Waals surface area contributed by atoms with E-state index in [2.05, 4.69) is 9.97 Å². The number of halogens is 1. The smallest absolute Gasteiger partial charge is 0.338 e. The summed E-state index contributed by atoms with van der Waals surface area (Å²) in [5, 5.41) is 10.4. The van der Waals surface area contributed by atoms with Crippen molar-refractivity contribution in [3.05, 3.63) is 88.4 Å². The van der Waals surface area contributed by atoms with Crippen LogP contribution < -0.4 is 5.73 Å². The average molecular weight is 477 g/mol. The minimum Gasteiger partial charge on any atom is -0.463 e. The average Bonchev–Trinajstić information content (AvgIpc) is 2.82. The number of carbonyl (C=O) groups is 1. The summed E-state index contributed by atoms with van der Waals surface area (Å²) in [6.45, 7) is 3.61. The number of benzene rings is 2. The maximum absolute atomic E-state index is 14.8. The van der Waals surface area contributed by atoms with Gasteiger partial charge >= 0.3 is 5.97 Å². The fourth-order valence-corrected chi connectivity index (χ4v) is 4.62. The van der Waals surface area contributed by atoms with Gasteiger partial charge in [-0.05, 0) is 32.0 Å². The van der Waals surface area contributed by atoms with Crippen LogP contribution in [0.3, 0.4) is 0 Å². The number of esters is 1. The summed E-state index contributed by atoms with van der Waals surface area (Å²) in [6, 6.07) is 15.4. The minimum atomic E-state index is -1.06. The summed E-state index contributed by atoms with van der Waals surface area (Å²) in [6.07, 6.45) is 0. The summed E-state index contributed by atoms with van der Waals surface area (Å²) in [4.78, 5) is 22.3. The number of hydrogen-bond donors (Lipinski definition) is 1. The first-order valence-electron chi connectivity index (χ1n) is 10.5. The van der Waals surface area contributed by atoms with Crippen LogP contribution in [0.1, 0.15) is 24.1 Å². The van der Waals surface area contributed by atoms with Gasteiger partial charge in [-0.15, -0.1) is 0 Å². The topological polar surface area (TPSA) is 111 Å². The quantitative estimate of drug-likeness (QED) is 0.409. The van der Waals surface area contributed by atoms with Crippen molar-refractivity contribution in [2.45, 2.75) is 24.8 Å². The fraction of sp³-hybridized carbons (Fsp3) is 0.200. The third-order valence-electron chi connectivity index (χ3n) is 5.25. The first kappa shape index (κ1) is 23.3. The molecule has 0 aliphatic carbocycles. The van der Waals surface area contributed by atoms with Crippen molar-refractivity contribution in [1.82, 2.24) is 9.97 Å². The highest BCUT2D eigenvalue weighted by Crippen LogP contribution is 2.42. The molecule has 172 valence electrons. The Hall–Kier alpha value is -3.90. The fourth-order valence-electron chi connectivity index (χ4n) is 3.72. The summed E-state index contributed by atoms with van der Waals surface area (Å²) in [5.74, 6) is -2.18. The van der Waals surface area contributed by atoms with Gasteiger partial charge in [-0.25, -0.2) is 19.2 Å². The second kappa shape index (κ2) is 9.93. The van der Waals surface area contributed by atoms with E-state index in [0.29, 0.717) is 10.7 Å². The molecule has 1 aliphatic heterocycles. The lowest BCUT2D eigenvalue weighted by Crippen LogP contribution is -2.27. The van der Waals surface area contributed by atoms with Gasteiger partial charge in [0.1, 0.15) is 28.2 Å². The van der Waals surface area contributed by atoms with Crippen LogP contribution in [0.4, 0.5) is 4.39 Å². The Morgan fingerprint density at radius 2 is 1.88 bits per heavy atom. The van der Waals surface area contributed by atoms with Gasteiger partial charge in [0.05, 0.1) is 40.6 Å². The number of thioether (sulfide) groups is 1. The molecule has 1 aliphatic rings. The van der Waals surface area contributed by atoms with E-state index >= 15 is 0 Å². The molecule has 7 nitrogen and oxygen atoms in total. The van der Waals surface area contributed by atoms with Gasteiger partial charge in [-0.1, -0.05) is 42.1 Å². The molecule has 0 bridgehead atoms. The Balaban J connectivity index is 1.79. The predicted octanol–water partition coefficient (Wildman–Crippen LogP) is 4.49. The molecule has 0 radical (unpaired) electrons.